The Bertz CT molecular complexity index is 746. The van der Waals surface area contributed by atoms with Gasteiger partial charge in [0.25, 0.3) is 0 Å². The number of rotatable bonds is 5. The SMILES string of the molecule is CC(C)(Nc1nc(C2=CNC(O)C=C2)ncc1F)C(=O)NCC(F)(F)F. The van der Waals surface area contributed by atoms with Crippen LogP contribution in [0.5, 0.6) is 0 Å². The van der Waals surface area contributed by atoms with Crippen molar-refractivity contribution in [3.63, 3.8) is 0 Å². The van der Waals surface area contributed by atoms with Crippen LogP contribution in [0.2, 0.25) is 0 Å². The van der Waals surface area contributed by atoms with Crippen molar-refractivity contribution in [2.75, 3.05) is 11.9 Å². The number of amides is 1. The number of nitrogens with zero attached hydrogens (tertiary/aromatic N) is 2. The van der Waals surface area contributed by atoms with Crippen molar-refractivity contribution < 1.29 is 27.5 Å². The molecule has 142 valence electrons. The Balaban J connectivity index is 2.16. The van der Waals surface area contributed by atoms with Gasteiger partial charge in [-0.25, -0.2) is 14.4 Å². The average molecular weight is 375 g/mol. The van der Waals surface area contributed by atoms with E-state index in [9.17, 15) is 27.5 Å². The molecule has 1 aliphatic heterocycles. The summed E-state index contributed by atoms with van der Waals surface area (Å²) in [5.74, 6) is -2.10. The van der Waals surface area contributed by atoms with Crippen molar-refractivity contribution in [1.29, 1.82) is 0 Å². The van der Waals surface area contributed by atoms with Gasteiger partial charge < -0.3 is 21.1 Å². The van der Waals surface area contributed by atoms with Crippen LogP contribution in [0.3, 0.4) is 0 Å². The Morgan fingerprint density at radius 1 is 1.38 bits per heavy atom. The van der Waals surface area contributed by atoms with Crippen LogP contribution in [-0.2, 0) is 4.79 Å². The van der Waals surface area contributed by atoms with Crippen LogP contribution in [0.1, 0.15) is 19.7 Å². The molecule has 0 bridgehead atoms. The van der Waals surface area contributed by atoms with E-state index in [-0.39, 0.29) is 11.6 Å². The smallest absolute Gasteiger partial charge is 0.370 e. The van der Waals surface area contributed by atoms with Gasteiger partial charge >= 0.3 is 6.18 Å². The molecular weight excluding hydrogens is 358 g/mol. The molecule has 1 atom stereocenters. The summed E-state index contributed by atoms with van der Waals surface area (Å²) in [6.45, 7) is 1.08. The number of dihydropyridines is 1. The molecule has 0 fully saturated rings. The maximum atomic E-state index is 14.0. The lowest BCUT2D eigenvalue weighted by molar-refractivity contribution is -0.140. The molecule has 1 amide bonds. The average Bonchev–Trinajstić information content (AvgIpc) is 2.54. The first-order valence-corrected chi connectivity index (χ1v) is 7.46. The van der Waals surface area contributed by atoms with Gasteiger partial charge in [0.2, 0.25) is 5.91 Å². The van der Waals surface area contributed by atoms with Crippen LogP contribution >= 0.6 is 0 Å². The van der Waals surface area contributed by atoms with Gasteiger partial charge in [0.05, 0.1) is 6.20 Å². The molecule has 1 aliphatic rings. The number of hydrogen-bond acceptors (Lipinski definition) is 6. The lowest BCUT2D eigenvalue weighted by atomic mass is 10.0. The Labute approximate surface area is 146 Å². The fraction of sp³-hybridized carbons (Fsp3) is 0.400. The highest BCUT2D eigenvalue weighted by atomic mass is 19.4. The van der Waals surface area contributed by atoms with Crippen LogP contribution in [0.4, 0.5) is 23.4 Å². The summed E-state index contributed by atoms with van der Waals surface area (Å²) in [7, 11) is 0. The van der Waals surface area contributed by atoms with Gasteiger partial charge in [0.1, 0.15) is 18.3 Å². The third kappa shape index (κ3) is 5.15. The maximum absolute atomic E-state index is 14.0. The van der Waals surface area contributed by atoms with Gasteiger partial charge in [-0.15, -0.1) is 0 Å². The first-order valence-electron chi connectivity index (χ1n) is 7.46. The number of anilines is 1. The van der Waals surface area contributed by atoms with Crippen molar-refractivity contribution in [2.45, 2.75) is 31.8 Å². The van der Waals surface area contributed by atoms with Crippen LogP contribution < -0.4 is 16.0 Å². The number of halogens is 4. The van der Waals surface area contributed by atoms with E-state index in [4.69, 9.17) is 0 Å². The molecule has 1 aromatic heterocycles. The zero-order valence-electron chi connectivity index (χ0n) is 13.9. The highest BCUT2D eigenvalue weighted by molar-refractivity contribution is 5.88. The summed E-state index contributed by atoms with van der Waals surface area (Å²) < 4.78 is 50.7. The normalized spacial score (nSPS) is 17.3. The van der Waals surface area contributed by atoms with E-state index < -0.39 is 36.2 Å². The Kier molecular flexibility index (Phi) is 5.50. The Morgan fingerprint density at radius 3 is 2.65 bits per heavy atom. The summed E-state index contributed by atoms with van der Waals surface area (Å²) in [6, 6.07) is 0. The van der Waals surface area contributed by atoms with E-state index >= 15 is 0 Å². The zero-order valence-corrected chi connectivity index (χ0v) is 13.9. The largest absolute Gasteiger partial charge is 0.405 e. The topological polar surface area (TPSA) is 99.2 Å². The molecule has 1 aromatic rings. The summed E-state index contributed by atoms with van der Waals surface area (Å²) in [5.41, 5.74) is -1.12. The molecule has 0 aliphatic carbocycles. The Hall–Kier alpha value is -2.69. The van der Waals surface area contributed by atoms with Crippen molar-refractivity contribution in [3.05, 3.63) is 36.2 Å². The van der Waals surface area contributed by atoms with Crippen LogP contribution in [-0.4, -0.2) is 45.5 Å². The van der Waals surface area contributed by atoms with Crippen molar-refractivity contribution >= 4 is 17.3 Å². The van der Waals surface area contributed by atoms with E-state index in [0.717, 1.165) is 6.20 Å². The number of nitrogens with one attached hydrogen (secondary N) is 3. The first-order chi connectivity index (χ1) is 12.0. The summed E-state index contributed by atoms with van der Waals surface area (Å²) >= 11 is 0. The van der Waals surface area contributed by atoms with E-state index in [1.54, 1.807) is 5.32 Å². The second-order valence-electron chi connectivity index (χ2n) is 6.01. The molecule has 11 heteroatoms. The van der Waals surface area contributed by atoms with E-state index in [2.05, 4.69) is 20.6 Å². The molecule has 0 saturated carbocycles. The first kappa shape index (κ1) is 19.6. The molecule has 1 unspecified atom stereocenters. The van der Waals surface area contributed by atoms with Crippen molar-refractivity contribution in [2.24, 2.45) is 0 Å². The molecule has 2 heterocycles. The summed E-state index contributed by atoms with van der Waals surface area (Å²) in [6.07, 6.45) is -0.204. The quantitative estimate of drug-likeness (QED) is 0.579. The van der Waals surface area contributed by atoms with E-state index in [1.807, 2.05) is 0 Å². The summed E-state index contributed by atoms with van der Waals surface area (Å²) in [5, 5.41) is 16.1. The van der Waals surface area contributed by atoms with Crippen LogP contribution in [0, 0.1) is 5.82 Å². The van der Waals surface area contributed by atoms with Crippen LogP contribution in [0.15, 0.2) is 24.5 Å². The molecule has 0 saturated heterocycles. The third-order valence-corrected chi connectivity index (χ3v) is 3.32. The van der Waals surface area contributed by atoms with Gasteiger partial charge in [-0.3, -0.25) is 4.79 Å². The van der Waals surface area contributed by atoms with Gasteiger partial charge in [-0.1, -0.05) is 0 Å². The predicted molar refractivity (Wildman–Crippen MR) is 85.0 cm³/mol. The molecule has 4 N–H and O–H groups in total. The number of aliphatic hydroxyl groups excluding tert-OH is 1. The zero-order chi connectivity index (χ0) is 19.5. The fourth-order valence-corrected chi connectivity index (χ4v) is 1.96. The molecule has 0 spiro atoms. The molecule has 7 nitrogen and oxygen atoms in total. The Morgan fingerprint density at radius 2 is 2.08 bits per heavy atom. The molecule has 26 heavy (non-hydrogen) atoms. The highest BCUT2D eigenvalue weighted by Gasteiger charge is 2.34. The molecule has 2 rings (SSSR count). The van der Waals surface area contributed by atoms with Crippen LogP contribution in [0.25, 0.3) is 5.57 Å². The van der Waals surface area contributed by atoms with E-state index in [0.29, 0.717) is 5.57 Å². The number of alkyl halides is 3. The minimum absolute atomic E-state index is 0.0936. The number of carbonyl (C=O) groups excluding carboxylic acids is 1. The number of hydrogen-bond donors (Lipinski definition) is 4. The lowest BCUT2D eigenvalue weighted by Crippen LogP contribution is -2.50. The number of aromatic nitrogens is 2. The van der Waals surface area contributed by atoms with Gasteiger partial charge in [-0.05, 0) is 26.0 Å². The summed E-state index contributed by atoms with van der Waals surface area (Å²) in [4.78, 5) is 19.7. The van der Waals surface area contributed by atoms with Gasteiger partial charge in [0.15, 0.2) is 17.5 Å². The molecular formula is C15H17F4N5O2. The highest BCUT2D eigenvalue weighted by Crippen LogP contribution is 2.21. The van der Waals surface area contributed by atoms with Crippen molar-refractivity contribution in [1.82, 2.24) is 20.6 Å². The van der Waals surface area contributed by atoms with Crippen molar-refractivity contribution in [3.8, 4) is 0 Å². The lowest BCUT2D eigenvalue weighted by Gasteiger charge is -2.26. The second kappa shape index (κ2) is 7.28. The van der Waals surface area contributed by atoms with E-state index in [1.165, 1.54) is 32.2 Å². The minimum Gasteiger partial charge on any atom is -0.370 e. The molecule has 0 aromatic carbocycles. The third-order valence-electron chi connectivity index (χ3n) is 3.32. The number of aliphatic hydroxyl groups is 1. The second-order valence-corrected chi connectivity index (χ2v) is 6.01. The minimum atomic E-state index is -4.56. The monoisotopic (exact) mass is 375 g/mol. The maximum Gasteiger partial charge on any atom is 0.405 e. The fourth-order valence-electron chi connectivity index (χ4n) is 1.96. The number of carbonyl (C=O) groups is 1. The molecule has 0 radical (unpaired) electrons. The standard InChI is InChI=1S/C15H17F4N5O2/c1-14(2,13(26)22-7-15(17,18)19)24-12-9(16)6-21-11(23-12)8-3-4-10(25)20-5-8/h3-6,10,20,25H,7H2,1-2H3,(H,22,26)(H,21,23,24). The number of allylic oxidation sites excluding steroid dienone is 2. The van der Waals surface area contributed by atoms with Gasteiger partial charge in [0, 0.05) is 11.8 Å². The predicted octanol–water partition coefficient (Wildman–Crippen LogP) is 1.30. The van der Waals surface area contributed by atoms with Gasteiger partial charge in [-0.2, -0.15) is 13.2 Å².